The summed E-state index contributed by atoms with van der Waals surface area (Å²) in [5.41, 5.74) is 3.60. The van der Waals surface area contributed by atoms with Gasteiger partial charge in [0.15, 0.2) is 0 Å². The summed E-state index contributed by atoms with van der Waals surface area (Å²) >= 11 is 1.71. The summed E-state index contributed by atoms with van der Waals surface area (Å²) in [5.74, 6) is 0.00738. The van der Waals surface area contributed by atoms with E-state index in [-0.39, 0.29) is 5.91 Å². The summed E-state index contributed by atoms with van der Waals surface area (Å²) in [4.78, 5) is 12.9. The van der Waals surface area contributed by atoms with E-state index in [1.807, 2.05) is 24.3 Å². The van der Waals surface area contributed by atoms with Crippen molar-refractivity contribution in [2.75, 3.05) is 6.26 Å². The largest absolute Gasteiger partial charge is 0.273 e. The Bertz CT molecular complexity index is 457. The van der Waals surface area contributed by atoms with Crippen LogP contribution >= 0.6 is 11.8 Å². The van der Waals surface area contributed by atoms with Gasteiger partial charge in [-0.05, 0) is 30.4 Å². The van der Waals surface area contributed by atoms with Gasteiger partial charge in [-0.15, -0.1) is 11.8 Å². The first-order valence-corrected chi connectivity index (χ1v) is 9.94. The number of benzene rings is 1. The molecule has 0 heterocycles. The molecule has 0 fully saturated rings. The number of carbonyl (C=O) groups excluding carboxylic acids is 1. The Hall–Kier alpha value is -1.29. The van der Waals surface area contributed by atoms with Crippen LogP contribution in [0.2, 0.25) is 0 Å². The van der Waals surface area contributed by atoms with E-state index in [0.29, 0.717) is 6.42 Å². The summed E-state index contributed by atoms with van der Waals surface area (Å²) in [5, 5.41) is 4.01. The lowest BCUT2D eigenvalue weighted by Crippen LogP contribution is -2.16. The van der Waals surface area contributed by atoms with Gasteiger partial charge in [0.1, 0.15) is 0 Å². The molecule has 0 saturated heterocycles. The van der Waals surface area contributed by atoms with Crippen LogP contribution in [0.4, 0.5) is 0 Å². The summed E-state index contributed by atoms with van der Waals surface area (Å²) in [6.07, 6.45) is 14.3. The first kappa shape index (κ1) is 19.8. The van der Waals surface area contributed by atoms with Gasteiger partial charge in [0.2, 0.25) is 5.91 Å². The average molecular weight is 335 g/mol. The molecule has 1 rings (SSSR count). The molecule has 1 aromatic rings. The fourth-order valence-electron chi connectivity index (χ4n) is 2.34. The van der Waals surface area contributed by atoms with Crippen molar-refractivity contribution in [3.05, 3.63) is 29.8 Å². The molecule has 128 valence electrons. The summed E-state index contributed by atoms with van der Waals surface area (Å²) in [6, 6.07) is 8.10. The predicted molar refractivity (Wildman–Crippen MR) is 101 cm³/mol. The number of unbranched alkanes of at least 4 members (excludes halogenated alkanes) is 7. The Kier molecular flexibility index (Phi) is 11.3. The zero-order chi connectivity index (χ0) is 16.8. The second kappa shape index (κ2) is 13.2. The third-order valence-electron chi connectivity index (χ3n) is 3.78. The van der Waals surface area contributed by atoms with Crippen molar-refractivity contribution in [2.45, 2.75) is 69.6 Å². The van der Waals surface area contributed by atoms with Gasteiger partial charge < -0.3 is 0 Å². The van der Waals surface area contributed by atoms with Gasteiger partial charge in [0.05, 0.1) is 6.21 Å². The maximum atomic E-state index is 11.7. The molecular formula is C19H30N2OS. The van der Waals surface area contributed by atoms with Crippen molar-refractivity contribution in [3.8, 4) is 0 Å². The summed E-state index contributed by atoms with van der Waals surface area (Å²) in [7, 11) is 0. The van der Waals surface area contributed by atoms with Crippen molar-refractivity contribution in [1.29, 1.82) is 0 Å². The number of amides is 1. The Morgan fingerprint density at radius 2 is 1.65 bits per heavy atom. The number of rotatable bonds is 12. The van der Waals surface area contributed by atoms with Crippen LogP contribution < -0.4 is 5.43 Å². The molecule has 0 atom stereocenters. The second-order valence-electron chi connectivity index (χ2n) is 5.79. The van der Waals surface area contributed by atoms with Crippen LogP contribution in [0.25, 0.3) is 0 Å². The number of hydrogen-bond acceptors (Lipinski definition) is 3. The molecule has 0 saturated carbocycles. The third kappa shape index (κ3) is 10.2. The molecule has 1 N–H and O–H groups in total. The van der Waals surface area contributed by atoms with E-state index in [9.17, 15) is 4.79 Å². The van der Waals surface area contributed by atoms with Gasteiger partial charge in [-0.1, -0.05) is 64.0 Å². The van der Waals surface area contributed by atoms with Gasteiger partial charge in [-0.2, -0.15) is 5.10 Å². The Morgan fingerprint density at radius 1 is 1.04 bits per heavy atom. The SMILES string of the molecule is CCCCCCCCCCC(=O)NN=Cc1ccc(SC)cc1. The van der Waals surface area contributed by atoms with Gasteiger partial charge >= 0.3 is 0 Å². The normalized spacial score (nSPS) is 11.0. The van der Waals surface area contributed by atoms with Crippen molar-refractivity contribution < 1.29 is 4.79 Å². The van der Waals surface area contributed by atoms with Gasteiger partial charge in [0, 0.05) is 11.3 Å². The maximum Gasteiger partial charge on any atom is 0.240 e. The second-order valence-corrected chi connectivity index (χ2v) is 6.67. The molecule has 1 amide bonds. The van der Waals surface area contributed by atoms with E-state index in [1.54, 1.807) is 18.0 Å². The Balaban J connectivity index is 2.06. The number of nitrogens with one attached hydrogen (secondary N) is 1. The highest BCUT2D eigenvalue weighted by atomic mass is 32.2. The minimum atomic E-state index is 0.00738. The minimum absolute atomic E-state index is 0.00738. The monoisotopic (exact) mass is 334 g/mol. The van der Waals surface area contributed by atoms with E-state index in [4.69, 9.17) is 0 Å². The Labute approximate surface area is 145 Å². The predicted octanol–water partition coefficient (Wildman–Crippen LogP) is 5.39. The molecule has 23 heavy (non-hydrogen) atoms. The zero-order valence-electron chi connectivity index (χ0n) is 14.5. The quantitative estimate of drug-likeness (QED) is 0.241. The first-order chi connectivity index (χ1) is 11.3. The molecule has 0 aromatic heterocycles. The maximum absolute atomic E-state index is 11.7. The zero-order valence-corrected chi connectivity index (χ0v) is 15.3. The first-order valence-electron chi connectivity index (χ1n) is 8.72. The molecule has 0 aliphatic carbocycles. The molecule has 4 heteroatoms. The standard InChI is InChI=1S/C19H30N2OS/c1-3-4-5-6-7-8-9-10-11-19(22)21-20-16-17-12-14-18(23-2)15-13-17/h12-16H,3-11H2,1-2H3,(H,21,22). The molecule has 0 bridgehead atoms. The van der Waals surface area contributed by atoms with Crippen molar-refractivity contribution in [2.24, 2.45) is 5.10 Å². The number of nitrogens with zero attached hydrogens (tertiary/aromatic N) is 1. The minimum Gasteiger partial charge on any atom is -0.273 e. The topological polar surface area (TPSA) is 41.5 Å². The van der Waals surface area contributed by atoms with Crippen LogP contribution in [0.3, 0.4) is 0 Å². The number of carbonyl (C=O) groups is 1. The van der Waals surface area contributed by atoms with Gasteiger partial charge in [-0.3, -0.25) is 4.79 Å². The summed E-state index contributed by atoms with van der Waals surface area (Å²) < 4.78 is 0. The molecule has 0 spiro atoms. The average Bonchev–Trinajstić information content (AvgIpc) is 2.58. The fourth-order valence-corrected chi connectivity index (χ4v) is 2.75. The van der Waals surface area contributed by atoms with Crippen LogP contribution in [0.1, 0.15) is 70.3 Å². The van der Waals surface area contributed by atoms with E-state index in [1.165, 1.54) is 43.4 Å². The lowest BCUT2D eigenvalue weighted by atomic mass is 10.1. The van der Waals surface area contributed by atoms with Crippen molar-refractivity contribution in [1.82, 2.24) is 5.43 Å². The van der Waals surface area contributed by atoms with Gasteiger partial charge in [-0.25, -0.2) is 5.43 Å². The lowest BCUT2D eigenvalue weighted by Gasteiger charge is -2.02. The van der Waals surface area contributed by atoms with Crippen molar-refractivity contribution in [3.63, 3.8) is 0 Å². The van der Waals surface area contributed by atoms with Crippen LogP contribution in [0.5, 0.6) is 0 Å². The molecule has 0 radical (unpaired) electrons. The summed E-state index contributed by atoms with van der Waals surface area (Å²) in [6.45, 7) is 2.24. The van der Waals surface area contributed by atoms with Crippen LogP contribution in [0, 0.1) is 0 Å². The molecule has 0 unspecified atom stereocenters. The molecule has 1 aromatic carbocycles. The number of hydrazone groups is 1. The smallest absolute Gasteiger partial charge is 0.240 e. The highest BCUT2D eigenvalue weighted by Gasteiger charge is 1.99. The highest BCUT2D eigenvalue weighted by molar-refractivity contribution is 7.98. The van der Waals surface area contributed by atoms with Crippen LogP contribution in [-0.4, -0.2) is 18.4 Å². The molecule has 0 aliphatic heterocycles. The molecule has 3 nitrogen and oxygen atoms in total. The van der Waals surface area contributed by atoms with Gasteiger partial charge in [0.25, 0.3) is 0 Å². The van der Waals surface area contributed by atoms with Crippen LogP contribution in [0.15, 0.2) is 34.3 Å². The van der Waals surface area contributed by atoms with E-state index >= 15 is 0 Å². The van der Waals surface area contributed by atoms with Crippen LogP contribution in [-0.2, 0) is 4.79 Å². The molecular weight excluding hydrogens is 304 g/mol. The number of hydrogen-bond donors (Lipinski definition) is 1. The molecule has 0 aliphatic rings. The fraction of sp³-hybridized carbons (Fsp3) is 0.579. The third-order valence-corrected chi connectivity index (χ3v) is 4.52. The Morgan fingerprint density at radius 3 is 2.26 bits per heavy atom. The number of thioether (sulfide) groups is 1. The van der Waals surface area contributed by atoms with E-state index in [0.717, 1.165) is 18.4 Å². The van der Waals surface area contributed by atoms with E-state index < -0.39 is 0 Å². The highest BCUT2D eigenvalue weighted by Crippen LogP contribution is 2.14. The lowest BCUT2D eigenvalue weighted by molar-refractivity contribution is -0.121. The van der Waals surface area contributed by atoms with Crippen molar-refractivity contribution >= 4 is 23.9 Å². The van der Waals surface area contributed by atoms with E-state index in [2.05, 4.69) is 23.7 Å².